The Morgan fingerprint density at radius 3 is 1.65 bits per heavy atom. The van der Waals surface area contributed by atoms with Crippen molar-refractivity contribution in [3.63, 3.8) is 0 Å². The SMILES string of the molecule is C[Si]1(C)C(c2nnc(-n3c4ccccc4c4ccccc43)n2C2=Cc3ccccc3[Si]2(C)C)=Cc2ccccc21. The van der Waals surface area contributed by atoms with Crippen LogP contribution in [-0.2, 0) is 0 Å². The van der Waals surface area contributed by atoms with Crippen LogP contribution in [0.25, 0.3) is 50.4 Å². The molecule has 0 radical (unpaired) electrons. The molecule has 0 saturated carbocycles. The number of nitrogens with zero attached hydrogens (tertiary/aromatic N) is 4. The lowest BCUT2D eigenvalue weighted by atomic mass is 10.2. The second kappa shape index (κ2) is 8.13. The molecule has 0 atom stereocenters. The summed E-state index contributed by atoms with van der Waals surface area (Å²) in [7, 11) is -4.06. The van der Waals surface area contributed by atoms with E-state index in [2.05, 4.69) is 145 Å². The summed E-state index contributed by atoms with van der Waals surface area (Å²) >= 11 is 0. The number of hydrogen-bond donors (Lipinski definition) is 0. The van der Waals surface area contributed by atoms with E-state index in [0.717, 1.165) is 22.8 Å². The van der Waals surface area contributed by atoms with E-state index in [1.54, 1.807) is 0 Å². The van der Waals surface area contributed by atoms with Crippen LogP contribution < -0.4 is 10.4 Å². The van der Waals surface area contributed by atoms with Crippen molar-refractivity contribution in [2.24, 2.45) is 0 Å². The molecule has 0 saturated heterocycles. The molecule has 4 nitrogen and oxygen atoms in total. The molecule has 2 aliphatic heterocycles. The highest BCUT2D eigenvalue weighted by molar-refractivity contribution is 7.08. The zero-order chi connectivity index (χ0) is 27.2. The molecular formula is C34H30N4Si2. The van der Waals surface area contributed by atoms with Crippen molar-refractivity contribution in [2.45, 2.75) is 26.2 Å². The first-order valence-electron chi connectivity index (χ1n) is 14.0. The van der Waals surface area contributed by atoms with Crippen molar-refractivity contribution in [1.82, 2.24) is 19.3 Å². The molecule has 4 aromatic carbocycles. The van der Waals surface area contributed by atoms with Gasteiger partial charge in [-0.3, -0.25) is 9.13 Å². The maximum absolute atomic E-state index is 5.06. The van der Waals surface area contributed by atoms with Crippen molar-refractivity contribution in [3.8, 4) is 5.95 Å². The largest absolute Gasteiger partial charge is 0.278 e. The molecule has 2 aliphatic rings. The number of hydrogen-bond acceptors (Lipinski definition) is 2. The number of aromatic nitrogens is 4. The third-order valence-electron chi connectivity index (χ3n) is 9.08. The van der Waals surface area contributed by atoms with E-state index in [0.29, 0.717) is 0 Å². The van der Waals surface area contributed by atoms with Gasteiger partial charge in [-0.1, -0.05) is 117 Å². The second-order valence-electron chi connectivity index (χ2n) is 12.0. The van der Waals surface area contributed by atoms with Gasteiger partial charge in [-0.05, 0) is 44.9 Å². The minimum absolute atomic E-state index is 0.869. The Morgan fingerprint density at radius 2 is 1.05 bits per heavy atom. The minimum atomic E-state index is -2.06. The lowest BCUT2D eigenvalue weighted by Crippen LogP contribution is -2.44. The molecule has 0 bridgehead atoms. The molecule has 6 heteroatoms. The fourth-order valence-electron chi connectivity index (χ4n) is 6.97. The van der Waals surface area contributed by atoms with Gasteiger partial charge in [-0.2, -0.15) is 0 Å². The maximum atomic E-state index is 5.06. The van der Waals surface area contributed by atoms with Gasteiger partial charge >= 0.3 is 0 Å². The van der Waals surface area contributed by atoms with Crippen molar-refractivity contribution in [3.05, 3.63) is 114 Å². The van der Waals surface area contributed by atoms with Gasteiger partial charge in [0.2, 0.25) is 5.95 Å². The zero-order valence-corrected chi connectivity index (χ0v) is 25.2. The van der Waals surface area contributed by atoms with Crippen LogP contribution in [0.3, 0.4) is 0 Å². The van der Waals surface area contributed by atoms with Crippen LogP contribution in [0.5, 0.6) is 0 Å². The van der Waals surface area contributed by atoms with E-state index in [1.165, 1.54) is 42.8 Å². The third kappa shape index (κ3) is 3.06. The summed E-state index contributed by atoms with van der Waals surface area (Å²) in [5.74, 6) is 1.86. The monoisotopic (exact) mass is 550 g/mol. The quantitative estimate of drug-likeness (QED) is 0.226. The molecule has 0 fully saturated rings. The Bertz CT molecular complexity index is 2020. The lowest BCUT2D eigenvalue weighted by Gasteiger charge is -2.27. The van der Waals surface area contributed by atoms with Crippen molar-refractivity contribution >= 4 is 71.0 Å². The van der Waals surface area contributed by atoms with Crippen LogP contribution in [0.1, 0.15) is 17.0 Å². The average molecular weight is 551 g/mol. The van der Waals surface area contributed by atoms with E-state index in [-0.39, 0.29) is 0 Å². The van der Waals surface area contributed by atoms with Crippen LogP contribution in [0.15, 0.2) is 97.1 Å². The Hall–Kier alpha value is -4.27. The molecule has 6 aromatic rings. The predicted octanol–water partition coefficient (Wildman–Crippen LogP) is 6.85. The third-order valence-corrected chi connectivity index (χ3v) is 16.0. The van der Waals surface area contributed by atoms with E-state index in [1.807, 2.05) is 0 Å². The van der Waals surface area contributed by atoms with E-state index < -0.39 is 16.1 Å². The molecule has 0 unspecified atom stereocenters. The molecule has 2 aromatic heterocycles. The highest BCUT2D eigenvalue weighted by Crippen LogP contribution is 2.40. The molecule has 40 heavy (non-hydrogen) atoms. The first-order chi connectivity index (χ1) is 19.4. The number of para-hydroxylation sites is 2. The molecule has 4 heterocycles. The summed E-state index contributed by atoms with van der Waals surface area (Å²) in [6.07, 6.45) is 4.79. The predicted molar refractivity (Wildman–Crippen MR) is 174 cm³/mol. The fraction of sp³-hybridized carbons (Fsp3) is 0.118. The van der Waals surface area contributed by atoms with Gasteiger partial charge < -0.3 is 0 Å². The van der Waals surface area contributed by atoms with Gasteiger partial charge in [0.15, 0.2) is 5.82 Å². The molecule has 8 rings (SSSR count). The number of benzene rings is 4. The van der Waals surface area contributed by atoms with E-state index in [9.17, 15) is 0 Å². The standard InChI is InChI=1S/C34H30N4Si2/c1-39(2)29-19-11-5-13-23(29)21-31(39)33-35-36-34(38(33)32-22-24-14-6-12-20-30(24)40(32,3)4)37-27-17-9-7-15-25(27)26-16-8-10-18-28(26)37/h5-22H,1-4H3. The topological polar surface area (TPSA) is 35.6 Å². The second-order valence-corrected chi connectivity index (χ2v) is 20.7. The molecule has 194 valence electrons. The summed E-state index contributed by atoms with van der Waals surface area (Å²) in [6, 6.07) is 35.1. The Kier molecular flexibility index (Phi) is 4.80. The molecule has 0 N–H and O–H groups in total. The fourth-order valence-corrected chi connectivity index (χ4v) is 12.8. The summed E-state index contributed by atoms with van der Waals surface area (Å²) < 4.78 is 4.75. The van der Waals surface area contributed by atoms with Gasteiger partial charge in [0.05, 0.1) is 11.0 Å². The normalized spacial score (nSPS) is 16.7. The first-order valence-corrected chi connectivity index (χ1v) is 20.0. The van der Waals surface area contributed by atoms with E-state index >= 15 is 0 Å². The summed E-state index contributed by atoms with van der Waals surface area (Å²) in [4.78, 5) is 0. The van der Waals surface area contributed by atoms with Gasteiger partial charge in [0.25, 0.3) is 0 Å². The van der Waals surface area contributed by atoms with Gasteiger partial charge in [0, 0.05) is 16.1 Å². The van der Waals surface area contributed by atoms with Crippen molar-refractivity contribution in [1.29, 1.82) is 0 Å². The van der Waals surface area contributed by atoms with Crippen LogP contribution in [-0.4, -0.2) is 35.5 Å². The first kappa shape index (κ1) is 23.6. The molecule has 0 spiro atoms. The number of rotatable bonds is 3. The van der Waals surface area contributed by atoms with Crippen LogP contribution >= 0.6 is 0 Å². The summed E-state index contributed by atoms with van der Waals surface area (Å²) in [5.41, 5.74) is 4.95. The van der Waals surface area contributed by atoms with Crippen molar-refractivity contribution < 1.29 is 0 Å². The zero-order valence-electron chi connectivity index (χ0n) is 23.2. The van der Waals surface area contributed by atoms with Gasteiger partial charge in [-0.25, -0.2) is 0 Å². The van der Waals surface area contributed by atoms with Crippen molar-refractivity contribution in [2.75, 3.05) is 0 Å². The molecular weight excluding hydrogens is 521 g/mol. The highest BCUT2D eigenvalue weighted by atomic mass is 28.3. The number of fused-ring (bicyclic) bond motifs is 5. The Morgan fingerprint density at radius 1 is 0.525 bits per heavy atom. The van der Waals surface area contributed by atoms with E-state index in [4.69, 9.17) is 10.2 Å². The average Bonchev–Trinajstić information content (AvgIpc) is 3.67. The molecule has 0 amide bonds. The van der Waals surface area contributed by atoms with Crippen LogP contribution in [0, 0.1) is 0 Å². The highest BCUT2D eigenvalue weighted by Gasteiger charge is 2.43. The van der Waals surface area contributed by atoms with Crippen LogP contribution in [0.4, 0.5) is 0 Å². The summed E-state index contributed by atoms with van der Waals surface area (Å²) in [6.45, 7) is 9.82. The lowest BCUT2D eigenvalue weighted by molar-refractivity contribution is 0.951. The summed E-state index contributed by atoms with van der Waals surface area (Å²) in [5, 5.41) is 18.2. The van der Waals surface area contributed by atoms with Gasteiger partial charge in [-0.15, -0.1) is 10.2 Å². The Labute approximate surface area is 236 Å². The van der Waals surface area contributed by atoms with Gasteiger partial charge in [0.1, 0.15) is 16.1 Å². The Balaban J connectivity index is 1.47. The smallest absolute Gasteiger partial charge is 0.240 e. The van der Waals surface area contributed by atoms with Crippen LogP contribution in [0.2, 0.25) is 26.2 Å². The maximum Gasteiger partial charge on any atom is 0.240 e. The molecule has 0 aliphatic carbocycles. The minimum Gasteiger partial charge on any atom is -0.278 e.